The average molecular weight is 400 g/mol. The number of rotatable bonds is 5. The Bertz CT molecular complexity index is 700. The zero-order chi connectivity index (χ0) is 18.8. The Labute approximate surface area is 164 Å². The van der Waals surface area contributed by atoms with Gasteiger partial charge >= 0.3 is 0 Å². The lowest BCUT2D eigenvalue weighted by molar-refractivity contribution is -0.385. The summed E-state index contributed by atoms with van der Waals surface area (Å²) < 4.78 is 10.3. The zero-order valence-electron chi connectivity index (χ0n) is 15.5. The largest absolute Gasteiger partial charge is 0.493 e. The molecule has 2 aliphatic carbocycles. The molecule has 1 aromatic rings. The lowest BCUT2D eigenvalue weighted by Crippen LogP contribution is -2.53. The molecule has 2 unspecified atom stereocenters. The molecule has 2 atom stereocenters. The first kappa shape index (κ1) is 21.2. The maximum Gasteiger partial charge on any atom is 0.286 e. The van der Waals surface area contributed by atoms with Gasteiger partial charge in [-0.25, -0.2) is 0 Å². The van der Waals surface area contributed by atoms with Crippen molar-refractivity contribution in [3.63, 3.8) is 0 Å². The monoisotopic (exact) mass is 399 g/mol. The van der Waals surface area contributed by atoms with Crippen molar-refractivity contribution in [2.24, 2.45) is 17.6 Å². The molecule has 27 heavy (non-hydrogen) atoms. The molecule has 8 nitrogen and oxygen atoms in total. The van der Waals surface area contributed by atoms with E-state index in [4.69, 9.17) is 15.2 Å². The van der Waals surface area contributed by atoms with Crippen molar-refractivity contribution in [1.82, 2.24) is 5.32 Å². The maximum atomic E-state index is 12.9. The Hall–Kier alpha value is -2.06. The van der Waals surface area contributed by atoms with Gasteiger partial charge in [0.25, 0.3) is 11.6 Å². The number of nitro groups is 1. The maximum absolute atomic E-state index is 12.9. The molecule has 150 valence electrons. The second-order valence-electron chi connectivity index (χ2n) is 7.16. The van der Waals surface area contributed by atoms with E-state index in [0.717, 1.165) is 32.1 Å². The first-order valence-electron chi connectivity index (χ1n) is 8.91. The molecule has 0 radical (unpaired) electrons. The van der Waals surface area contributed by atoms with Gasteiger partial charge in [-0.1, -0.05) is 6.42 Å². The first-order valence-corrected chi connectivity index (χ1v) is 8.91. The van der Waals surface area contributed by atoms with Gasteiger partial charge in [-0.15, -0.1) is 12.4 Å². The van der Waals surface area contributed by atoms with Crippen LogP contribution in [0, 0.1) is 22.0 Å². The first-order chi connectivity index (χ1) is 12.4. The number of carbonyl (C=O) groups excluding carboxylic acids is 1. The number of hydrogen-bond acceptors (Lipinski definition) is 6. The highest BCUT2D eigenvalue weighted by atomic mass is 35.5. The van der Waals surface area contributed by atoms with E-state index in [1.807, 2.05) is 0 Å². The van der Waals surface area contributed by atoms with Gasteiger partial charge in [0.15, 0.2) is 11.5 Å². The van der Waals surface area contributed by atoms with Crippen LogP contribution < -0.4 is 20.5 Å². The number of nitrogens with zero attached hydrogens (tertiary/aromatic N) is 1. The van der Waals surface area contributed by atoms with E-state index >= 15 is 0 Å². The zero-order valence-corrected chi connectivity index (χ0v) is 16.3. The van der Waals surface area contributed by atoms with E-state index in [1.165, 1.54) is 26.4 Å². The predicted octanol–water partition coefficient (Wildman–Crippen LogP) is 2.67. The van der Waals surface area contributed by atoms with Gasteiger partial charge in [-0.3, -0.25) is 14.9 Å². The van der Waals surface area contributed by atoms with Gasteiger partial charge in [0.2, 0.25) is 0 Å². The average Bonchev–Trinajstić information content (AvgIpc) is 2.61. The minimum absolute atomic E-state index is 0. The molecule has 2 bridgehead atoms. The lowest BCUT2D eigenvalue weighted by atomic mass is 9.67. The van der Waals surface area contributed by atoms with Crippen molar-refractivity contribution in [2.45, 2.75) is 44.2 Å². The van der Waals surface area contributed by atoms with Gasteiger partial charge < -0.3 is 20.5 Å². The Morgan fingerprint density at radius 3 is 2.26 bits per heavy atom. The van der Waals surface area contributed by atoms with E-state index in [-0.39, 0.29) is 47.2 Å². The molecule has 0 aliphatic heterocycles. The molecular formula is C18H26ClN3O5. The minimum atomic E-state index is -0.575. The molecule has 2 fully saturated rings. The number of nitro benzene ring substituents is 1. The lowest BCUT2D eigenvalue weighted by Gasteiger charge is -2.45. The Morgan fingerprint density at radius 1 is 1.19 bits per heavy atom. The molecular weight excluding hydrogens is 374 g/mol. The number of fused-ring (bicyclic) bond motifs is 2. The Morgan fingerprint density at radius 2 is 1.74 bits per heavy atom. The third-order valence-corrected chi connectivity index (χ3v) is 5.62. The number of nitrogens with one attached hydrogen (secondary N) is 1. The van der Waals surface area contributed by atoms with Crippen molar-refractivity contribution < 1.29 is 19.2 Å². The van der Waals surface area contributed by atoms with Crippen LogP contribution in [-0.4, -0.2) is 37.1 Å². The predicted molar refractivity (Wildman–Crippen MR) is 103 cm³/mol. The third kappa shape index (κ3) is 4.27. The van der Waals surface area contributed by atoms with Gasteiger partial charge in [-0.2, -0.15) is 0 Å². The topological polar surface area (TPSA) is 117 Å². The summed E-state index contributed by atoms with van der Waals surface area (Å²) in [5.41, 5.74) is 5.82. The molecule has 0 aromatic heterocycles. The summed E-state index contributed by atoms with van der Waals surface area (Å²) in [6, 6.07) is 2.79. The highest BCUT2D eigenvalue weighted by Crippen LogP contribution is 2.40. The van der Waals surface area contributed by atoms with Gasteiger partial charge in [-0.05, 0) is 37.5 Å². The second kappa shape index (κ2) is 8.75. The Kier molecular flexibility index (Phi) is 6.89. The quantitative estimate of drug-likeness (QED) is 0.580. The van der Waals surface area contributed by atoms with Crippen molar-refractivity contribution in [3.05, 3.63) is 27.8 Å². The van der Waals surface area contributed by atoms with Crippen LogP contribution in [0.3, 0.4) is 0 Å². The summed E-state index contributed by atoms with van der Waals surface area (Å²) in [5.74, 6) is 0.724. The number of benzene rings is 1. The van der Waals surface area contributed by atoms with Crippen LogP contribution in [0.15, 0.2) is 12.1 Å². The number of halogens is 1. The molecule has 0 spiro atoms. The summed E-state index contributed by atoms with van der Waals surface area (Å²) in [6.07, 6.45) is 4.97. The van der Waals surface area contributed by atoms with Gasteiger partial charge in [0.1, 0.15) is 5.56 Å². The Balaban J connectivity index is 0.00000261. The summed E-state index contributed by atoms with van der Waals surface area (Å²) in [7, 11) is 2.83. The molecule has 0 saturated heterocycles. The van der Waals surface area contributed by atoms with Crippen molar-refractivity contribution in [3.8, 4) is 11.5 Å². The molecule has 2 aliphatic rings. The molecule has 3 N–H and O–H groups in total. The van der Waals surface area contributed by atoms with Crippen LogP contribution in [0.4, 0.5) is 5.69 Å². The van der Waals surface area contributed by atoms with E-state index in [9.17, 15) is 14.9 Å². The van der Waals surface area contributed by atoms with Crippen LogP contribution in [0.2, 0.25) is 0 Å². The van der Waals surface area contributed by atoms with Crippen molar-refractivity contribution >= 4 is 24.0 Å². The van der Waals surface area contributed by atoms with E-state index < -0.39 is 10.8 Å². The van der Waals surface area contributed by atoms with Crippen LogP contribution in [0.1, 0.15) is 42.5 Å². The summed E-state index contributed by atoms with van der Waals surface area (Å²) in [5, 5.41) is 14.5. The van der Waals surface area contributed by atoms with E-state index in [1.54, 1.807) is 0 Å². The van der Waals surface area contributed by atoms with Crippen LogP contribution >= 0.6 is 12.4 Å². The van der Waals surface area contributed by atoms with Gasteiger partial charge in [0.05, 0.1) is 25.2 Å². The fraction of sp³-hybridized carbons (Fsp3) is 0.611. The number of hydrogen-bond donors (Lipinski definition) is 2. The summed E-state index contributed by atoms with van der Waals surface area (Å²) in [6.45, 7) is 0. The van der Waals surface area contributed by atoms with Gasteiger partial charge in [0, 0.05) is 18.2 Å². The highest BCUT2D eigenvalue weighted by Gasteiger charge is 2.40. The number of nitrogens with two attached hydrogens (primary N) is 1. The summed E-state index contributed by atoms with van der Waals surface area (Å²) in [4.78, 5) is 23.7. The van der Waals surface area contributed by atoms with E-state index in [2.05, 4.69) is 5.32 Å². The highest BCUT2D eigenvalue weighted by molar-refractivity contribution is 5.99. The molecule has 9 heteroatoms. The third-order valence-electron chi connectivity index (χ3n) is 5.62. The van der Waals surface area contributed by atoms with Crippen LogP contribution in [-0.2, 0) is 0 Å². The SMILES string of the molecule is COc1cc(C(=O)NC2C3CCCC2CC(N)C3)c([N+](=O)[O-])cc1OC.Cl. The fourth-order valence-electron chi connectivity index (χ4n) is 4.46. The standard InChI is InChI=1S/C18H25N3O5.ClH/c1-25-15-8-13(14(21(23)24)9-16(15)26-2)18(22)20-17-10-4-3-5-11(17)7-12(19)6-10;/h8-12,17H,3-7,19H2,1-2H3,(H,20,22);1H. The minimum Gasteiger partial charge on any atom is -0.493 e. The van der Waals surface area contributed by atoms with Crippen LogP contribution in [0.25, 0.3) is 0 Å². The molecule has 2 saturated carbocycles. The number of carbonyl (C=O) groups is 1. The fourth-order valence-corrected chi connectivity index (χ4v) is 4.46. The molecule has 0 heterocycles. The normalized spacial score (nSPS) is 26.5. The van der Waals surface area contributed by atoms with Crippen LogP contribution in [0.5, 0.6) is 11.5 Å². The number of amides is 1. The number of methoxy groups -OCH3 is 2. The summed E-state index contributed by atoms with van der Waals surface area (Å²) >= 11 is 0. The van der Waals surface area contributed by atoms with E-state index in [0.29, 0.717) is 11.8 Å². The molecule has 3 rings (SSSR count). The smallest absolute Gasteiger partial charge is 0.286 e. The second-order valence-corrected chi connectivity index (χ2v) is 7.16. The molecule has 1 aromatic carbocycles. The number of ether oxygens (including phenoxy) is 2. The molecule has 1 amide bonds. The van der Waals surface area contributed by atoms with Crippen molar-refractivity contribution in [1.29, 1.82) is 0 Å². The van der Waals surface area contributed by atoms with Crippen molar-refractivity contribution in [2.75, 3.05) is 14.2 Å².